The van der Waals surface area contributed by atoms with Crippen LogP contribution in [0.25, 0.3) is 87.8 Å². The summed E-state index contributed by atoms with van der Waals surface area (Å²) in [5, 5.41) is 19.0. The average Bonchev–Trinajstić information content (AvgIpc) is 3.67. The highest BCUT2D eigenvalue weighted by atomic mass is 15.0. The number of nitrogens with zero attached hydrogens (tertiary/aromatic N) is 2. The Morgan fingerprint density at radius 1 is 0.459 bits per heavy atom. The van der Waals surface area contributed by atoms with Crippen LogP contribution in [0.3, 0.4) is 0 Å². The molecule has 3 nitrogen and oxygen atoms in total. The van der Waals surface area contributed by atoms with E-state index in [2.05, 4.69) is 205 Å². The van der Waals surface area contributed by atoms with Gasteiger partial charge in [0.15, 0.2) is 0 Å². The van der Waals surface area contributed by atoms with E-state index in [-0.39, 0.29) is 0 Å². The molecule has 0 amide bonds. The number of aliphatic imine (C=N–C) groups is 1. The predicted molar refractivity (Wildman–Crippen MR) is 259 cm³/mol. The van der Waals surface area contributed by atoms with Crippen LogP contribution in [0, 0.1) is 5.41 Å². The lowest BCUT2D eigenvalue weighted by atomic mass is 9.85. The second kappa shape index (κ2) is 15.2. The van der Waals surface area contributed by atoms with E-state index in [1.54, 1.807) is 0 Å². The van der Waals surface area contributed by atoms with Gasteiger partial charge in [0, 0.05) is 33.8 Å². The molecular weight excluding hydrogens is 739 g/mol. The van der Waals surface area contributed by atoms with Gasteiger partial charge in [0.1, 0.15) is 0 Å². The summed E-state index contributed by atoms with van der Waals surface area (Å²) in [5.41, 5.74) is 12.0. The van der Waals surface area contributed by atoms with Crippen LogP contribution in [-0.2, 0) is 0 Å². The minimum absolute atomic E-state index is 0.383. The first-order valence-electron chi connectivity index (χ1n) is 20.7. The summed E-state index contributed by atoms with van der Waals surface area (Å²) in [7, 11) is 0. The standard InChI is InChI=1S/C58H39N3/c59-52(42-33-31-41(32-34-42)46-28-16-29-50-47-25-14-15-30-54(47)61(58(46)50)44-22-8-3-9-23-44)37-53(60-38-39-17-4-1-5-18-39)56-49-27-13-12-26-48(49)55(43-20-6-2-7-21-43)57-45-24-11-10-19-40(45)35-36-51(56)57/h1-38,59H/b53-37-,59-52?,60-38?. The first-order valence-corrected chi connectivity index (χ1v) is 20.7. The first-order chi connectivity index (χ1) is 30.2. The molecule has 3 heteroatoms. The molecule has 286 valence electrons. The molecule has 61 heavy (non-hydrogen) atoms. The van der Waals surface area contributed by atoms with Gasteiger partial charge in [-0.25, -0.2) is 0 Å². The molecule has 0 spiro atoms. The number of rotatable bonds is 8. The molecular formula is C58H39N3. The molecule has 0 saturated carbocycles. The fourth-order valence-corrected chi connectivity index (χ4v) is 9.13. The molecule has 10 aromatic carbocycles. The van der Waals surface area contributed by atoms with Gasteiger partial charge in [-0.05, 0) is 84.4 Å². The van der Waals surface area contributed by atoms with Crippen molar-refractivity contribution in [3.63, 3.8) is 0 Å². The van der Waals surface area contributed by atoms with Crippen LogP contribution in [0.5, 0.6) is 0 Å². The van der Waals surface area contributed by atoms with Gasteiger partial charge < -0.3 is 9.98 Å². The third-order valence-corrected chi connectivity index (χ3v) is 11.9. The van der Waals surface area contributed by atoms with Gasteiger partial charge in [0.2, 0.25) is 0 Å². The largest absolute Gasteiger partial charge is 0.309 e. The third kappa shape index (κ3) is 6.32. The molecule has 0 saturated heterocycles. The fraction of sp³-hybridized carbons (Fsp3) is 0. The Labute approximate surface area is 354 Å². The van der Waals surface area contributed by atoms with E-state index in [1.807, 2.05) is 30.5 Å². The van der Waals surface area contributed by atoms with Gasteiger partial charge in [0.25, 0.3) is 0 Å². The van der Waals surface area contributed by atoms with Crippen molar-refractivity contribution < 1.29 is 0 Å². The molecule has 0 aliphatic heterocycles. The number of aromatic nitrogens is 1. The summed E-state index contributed by atoms with van der Waals surface area (Å²) in [6.07, 6.45) is 3.86. The van der Waals surface area contributed by atoms with Gasteiger partial charge in [0.05, 0.1) is 22.4 Å². The smallest absolute Gasteiger partial charge is 0.0736 e. The molecule has 0 aliphatic carbocycles. The van der Waals surface area contributed by atoms with E-state index in [0.29, 0.717) is 5.71 Å². The summed E-state index contributed by atoms with van der Waals surface area (Å²) in [6.45, 7) is 0. The minimum atomic E-state index is 0.383. The lowest BCUT2D eigenvalue weighted by molar-refractivity contribution is 1.18. The van der Waals surface area contributed by atoms with Gasteiger partial charge in [-0.3, -0.25) is 4.99 Å². The van der Waals surface area contributed by atoms with Crippen LogP contribution in [0.15, 0.2) is 229 Å². The molecule has 0 fully saturated rings. The zero-order chi connectivity index (χ0) is 40.7. The maximum absolute atomic E-state index is 9.69. The highest BCUT2D eigenvalue weighted by Crippen LogP contribution is 2.45. The molecule has 0 radical (unpaired) electrons. The van der Waals surface area contributed by atoms with Crippen LogP contribution >= 0.6 is 0 Å². The van der Waals surface area contributed by atoms with E-state index in [4.69, 9.17) is 4.99 Å². The molecule has 11 aromatic rings. The maximum atomic E-state index is 9.69. The zero-order valence-corrected chi connectivity index (χ0v) is 33.3. The Hall–Kier alpha value is -8.14. The summed E-state index contributed by atoms with van der Waals surface area (Å²) in [6, 6.07) is 76.9. The van der Waals surface area contributed by atoms with E-state index in [9.17, 15) is 5.41 Å². The normalized spacial score (nSPS) is 12.0. The number of benzene rings is 10. The Bertz CT molecular complexity index is 3510. The van der Waals surface area contributed by atoms with Crippen LogP contribution < -0.4 is 0 Å². The Morgan fingerprint density at radius 3 is 1.85 bits per heavy atom. The molecule has 0 unspecified atom stereocenters. The topological polar surface area (TPSA) is 41.1 Å². The molecule has 0 atom stereocenters. The van der Waals surface area contributed by atoms with E-state index >= 15 is 0 Å². The number of para-hydroxylation sites is 3. The maximum Gasteiger partial charge on any atom is 0.0736 e. The number of hydrogen-bond donors (Lipinski definition) is 1. The van der Waals surface area contributed by atoms with Gasteiger partial charge >= 0.3 is 0 Å². The molecule has 11 rings (SSSR count). The molecule has 1 heterocycles. The van der Waals surface area contributed by atoms with Crippen molar-refractivity contribution in [1.29, 1.82) is 5.41 Å². The summed E-state index contributed by atoms with van der Waals surface area (Å²) in [4.78, 5) is 5.26. The SMILES string of the molecule is N=C(/C=C(\N=Cc1ccccc1)c1c2ccccc2c(-c2ccccc2)c2c1ccc1ccccc12)c1ccc(-c2cccc3c4ccccc4n(-c4ccccc4)c23)cc1. The highest BCUT2D eigenvalue weighted by Gasteiger charge is 2.21. The second-order valence-corrected chi connectivity index (χ2v) is 15.5. The quantitative estimate of drug-likeness (QED) is 0.0907. The molecule has 1 N–H and O–H groups in total. The van der Waals surface area contributed by atoms with Crippen molar-refractivity contribution in [2.75, 3.05) is 0 Å². The van der Waals surface area contributed by atoms with Crippen LogP contribution in [0.2, 0.25) is 0 Å². The Balaban J connectivity index is 1.09. The molecule has 1 aromatic heterocycles. The highest BCUT2D eigenvalue weighted by molar-refractivity contribution is 6.27. The summed E-state index contributed by atoms with van der Waals surface area (Å²) < 4.78 is 2.37. The van der Waals surface area contributed by atoms with Gasteiger partial charge in [-0.15, -0.1) is 0 Å². The average molecular weight is 778 g/mol. The molecule has 0 bridgehead atoms. The first kappa shape index (κ1) is 36.0. The van der Waals surface area contributed by atoms with Crippen molar-refractivity contribution in [2.24, 2.45) is 4.99 Å². The van der Waals surface area contributed by atoms with E-state index in [0.717, 1.165) is 60.9 Å². The number of fused-ring (bicyclic) bond motifs is 7. The lowest BCUT2D eigenvalue weighted by Gasteiger charge is -2.19. The Morgan fingerprint density at radius 2 is 1.08 bits per heavy atom. The second-order valence-electron chi connectivity index (χ2n) is 15.5. The third-order valence-electron chi connectivity index (χ3n) is 11.9. The zero-order valence-electron chi connectivity index (χ0n) is 33.3. The number of allylic oxidation sites excluding steroid dienone is 1. The van der Waals surface area contributed by atoms with E-state index < -0.39 is 0 Å². The predicted octanol–water partition coefficient (Wildman–Crippen LogP) is 15.1. The lowest BCUT2D eigenvalue weighted by Crippen LogP contribution is -1.99. The number of hydrogen-bond acceptors (Lipinski definition) is 2. The summed E-state index contributed by atoms with van der Waals surface area (Å²) >= 11 is 0. The fourth-order valence-electron chi connectivity index (χ4n) is 9.13. The van der Waals surface area contributed by atoms with Crippen molar-refractivity contribution in [2.45, 2.75) is 0 Å². The minimum Gasteiger partial charge on any atom is -0.309 e. The monoisotopic (exact) mass is 777 g/mol. The van der Waals surface area contributed by atoms with Crippen LogP contribution in [0.4, 0.5) is 0 Å². The van der Waals surface area contributed by atoms with E-state index in [1.165, 1.54) is 43.5 Å². The van der Waals surface area contributed by atoms with Crippen molar-refractivity contribution >= 4 is 71.7 Å². The van der Waals surface area contributed by atoms with Gasteiger partial charge in [-0.2, -0.15) is 0 Å². The molecule has 0 aliphatic rings. The van der Waals surface area contributed by atoms with Crippen molar-refractivity contribution in [3.8, 4) is 27.9 Å². The summed E-state index contributed by atoms with van der Waals surface area (Å²) in [5.74, 6) is 0. The number of nitrogens with one attached hydrogen (secondary N) is 1. The van der Waals surface area contributed by atoms with Crippen LogP contribution in [-0.4, -0.2) is 16.5 Å². The Kier molecular flexibility index (Phi) is 8.98. The van der Waals surface area contributed by atoms with Crippen LogP contribution in [0.1, 0.15) is 16.7 Å². The van der Waals surface area contributed by atoms with Gasteiger partial charge in [-0.1, -0.05) is 200 Å². The van der Waals surface area contributed by atoms with Crippen molar-refractivity contribution in [1.82, 2.24) is 4.57 Å². The van der Waals surface area contributed by atoms with Crippen molar-refractivity contribution in [3.05, 3.63) is 241 Å².